The topological polar surface area (TPSA) is 15.3 Å². The third-order valence-corrected chi connectivity index (χ3v) is 3.98. The predicted octanol–water partition coefficient (Wildman–Crippen LogP) is 3.32. The quantitative estimate of drug-likeness (QED) is 0.911. The molecule has 0 bridgehead atoms. The second-order valence-electron chi connectivity index (χ2n) is 6.31. The van der Waals surface area contributed by atoms with Crippen LogP contribution in [0.2, 0.25) is 0 Å². The van der Waals surface area contributed by atoms with E-state index in [1.54, 1.807) is 0 Å². The fourth-order valence-corrected chi connectivity index (χ4v) is 2.91. The molecule has 1 saturated heterocycles. The molecule has 2 rings (SSSR count). The molecule has 0 amide bonds. The number of hydrogen-bond acceptors (Lipinski definition) is 2. The van der Waals surface area contributed by atoms with Gasteiger partial charge in [0, 0.05) is 36.8 Å². The minimum Gasteiger partial charge on any atom is -0.309 e. The van der Waals surface area contributed by atoms with Gasteiger partial charge in [-0.2, -0.15) is 0 Å². The van der Waals surface area contributed by atoms with E-state index in [0.29, 0.717) is 12.6 Å². The minimum atomic E-state index is -0.448. The molecule has 1 N–H and O–H groups in total. The van der Waals surface area contributed by atoms with Gasteiger partial charge >= 0.3 is 0 Å². The van der Waals surface area contributed by atoms with Crippen molar-refractivity contribution in [3.63, 3.8) is 0 Å². The number of rotatable bonds is 4. The molecule has 4 heteroatoms. The number of nitrogens with one attached hydrogen (secondary N) is 1. The lowest BCUT2D eigenvalue weighted by atomic mass is 9.96. The maximum Gasteiger partial charge on any atom is 0.130 e. The molecule has 112 valence electrons. The molecule has 1 atom stereocenters. The zero-order valence-electron chi connectivity index (χ0n) is 12.5. The van der Waals surface area contributed by atoms with Crippen LogP contribution in [0.15, 0.2) is 18.2 Å². The smallest absolute Gasteiger partial charge is 0.130 e. The third-order valence-electron chi connectivity index (χ3n) is 3.98. The maximum atomic E-state index is 13.8. The molecule has 20 heavy (non-hydrogen) atoms. The van der Waals surface area contributed by atoms with Gasteiger partial charge in [0.25, 0.3) is 0 Å². The molecule has 1 aromatic carbocycles. The van der Waals surface area contributed by atoms with Crippen LogP contribution in [0.1, 0.15) is 39.2 Å². The fourth-order valence-electron chi connectivity index (χ4n) is 2.91. The van der Waals surface area contributed by atoms with Crippen molar-refractivity contribution in [2.75, 3.05) is 13.1 Å². The van der Waals surface area contributed by atoms with Crippen LogP contribution in [0.25, 0.3) is 0 Å². The molecule has 1 fully saturated rings. The lowest BCUT2D eigenvalue weighted by Gasteiger charge is -2.44. The standard InChI is InChI=1S/C16H24F2N2/c1-4-6-12-9-19-16(2,3)11-20(12)10-13-14(17)7-5-8-15(13)18/h5,7-8,12,19H,4,6,9-11H2,1-3H3. The van der Waals surface area contributed by atoms with E-state index in [1.807, 2.05) is 0 Å². The average molecular weight is 282 g/mol. The molecule has 1 unspecified atom stereocenters. The Morgan fingerprint density at radius 2 is 1.95 bits per heavy atom. The summed E-state index contributed by atoms with van der Waals surface area (Å²) in [5.41, 5.74) is 0.165. The molecular weight excluding hydrogens is 258 g/mol. The SMILES string of the molecule is CCCC1CNC(C)(C)CN1Cc1c(F)cccc1F. The molecule has 0 spiro atoms. The zero-order chi connectivity index (χ0) is 14.8. The van der Waals surface area contributed by atoms with Gasteiger partial charge in [-0.25, -0.2) is 8.78 Å². The van der Waals surface area contributed by atoms with E-state index >= 15 is 0 Å². The van der Waals surface area contributed by atoms with Crippen LogP contribution in [-0.2, 0) is 6.54 Å². The maximum absolute atomic E-state index is 13.8. The highest BCUT2D eigenvalue weighted by Crippen LogP contribution is 2.23. The van der Waals surface area contributed by atoms with E-state index in [-0.39, 0.29) is 11.1 Å². The zero-order valence-corrected chi connectivity index (χ0v) is 12.5. The fraction of sp³-hybridized carbons (Fsp3) is 0.625. The van der Waals surface area contributed by atoms with Crippen molar-refractivity contribution in [2.45, 2.75) is 51.7 Å². The van der Waals surface area contributed by atoms with E-state index < -0.39 is 11.6 Å². The van der Waals surface area contributed by atoms with Crippen LogP contribution in [0.5, 0.6) is 0 Å². The van der Waals surface area contributed by atoms with Crippen molar-refractivity contribution in [1.29, 1.82) is 0 Å². The van der Waals surface area contributed by atoms with Crippen LogP contribution in [-0.4, -0.2) is 29.6 Å². The summed E-state index contributed by atoms with van der Waals surface area (Å²) in [5, 5.41) is 3.51. The number of benzene rings is 1. The average Bonchev–Trinajstić information content (AvgIpc) is 2.37. The summed E-state index contributed by atoms with van der Waals surface area (Å²) in [6.45, 7) is 8.40. The first-order valence-electron chi connectivity index (χ1n) is 7.35. The lowest BCUT2D eigenvalue weighted by molar-refractivity contribution is 0.0805. The van der Waals surface area contributed by atoms with Gasteiger partial charge in [-0.3, -0.25) is 4.90 Å². The number of nitrogens with zero attached hydrogens (tertiary/aromatic N) is 1. The number of halogens is 2. The van der Waals surface area contributed by atoms with Gasteiger partial charge in [0.15, 0.2) is 0 Å². The summed E-state index contributed by atoms with van der Waals surface area (Å²) >= 11 is 0. The predicted molar refractivity (Wildman–Crippen MR) is 77.5 cm³/mol. The van der Waals surface area contributed by atoms with Gasteiger partial charge in [0.1, 0.15) is 11.6 Å². The molecule has 0 radical (unpaired) electrons. The van der Waals surface area contributed by atoms with E-state index in [4.69, 9.17) is 0 Å². The molecule has 2 nitrogen and oxygen atoms in total. The Labute approximate surface area is 120 Å². The summed E-state index contributed by atoms with van der Waals surface area (Å²) in [4.78, 5) is 2.21. The lowest BCUT2D eigenvalue weighted by Crippen LogP contribution is -2.61. The van der Waals surface area contributed by atoms with Gasteiger partial charge in [0.2, 0.25) is 0 Å². The first kappa shape index (κ1) is 15.4. The Balaban J connectivity index is 2.18. The van der Waals surface area contributed by atoms with Crippen molar-refractivity contribution in [3.05, 3.63) is 35.4 Å². The van der Waals surface area contributed by atoms with Gasteiger partial charge < -0.3 is 5.32 Å². The minimum absolute atomic E-state index is 0.0219. The summed E-state index contributed by atoms with van der Waals surface area (Å²) < 4.78 is 27.7. The van der Waals surface area contributed by atoms with Gasteiger partial charge in [-0.15, -0.1) is 0 Å². The highest BCUT2D eigenvalue weighted by molar-refractivity contribution is 5.20. The van der Waals surface area contributed by atoms with Crippen molar-refractivity contribution in [1.82, 2.24) is 10.2 Å². The monoisotopic (exact) mass is 282 g/mol. The van der Waals surface area contributed by atoms with Crippen molar-refractivity contribution in [3.8, 4) is 0 Å². The Morgan fingerprint density at radius 1 is 1.30 bits per heavy atom. The van der Waals surface area contributed by atoms with Gasteiger partial charge in [-0.1, -0.05) is 19.4 Å². The first-order valence-corrected chi connectivity index (χ1v) is 7.35. The van der Waals surface area contributed by atoms with Crippen LogP contribution >= 0.6 is 0 Å². The van der Waals surface area contributed by atoms with Crippen molar-refractivity contribution < 1.29 is 8.78 Å². The Bertz CT molecular complexity index is 440. The van der Waals surface area contributed by atoms with Crippen LogP contribution < -0.4 is 5.32 Å². The number of hydrogen-bond donors (Lipinski definition) is 1. The highest BCUT2D eigenvalue weighted by atomic mass is 19.1. The van der Waals surface area contributed by atoms with Crippen LogP contribution in [0.4, 0.5) is 8.78 Å². The summed E-state index contributed by atoms with van der Waals surface area (Å²) in [6, 6.07) is 4.42. The largest absolute Gasteiger partial charge is 0.309 e. The second-order valence-corrected chi connectivity index (χ2v) is 6.31. The molecule has 1 heterocycles. The Hall–Kier alpha value is -1.00. The highest BCUT2D eigenvalue weighted by Gasteiger charge is 2.32. The van der Waals surface area contributed by atoms with Gasteiger partial charge in [-0.05, 0) is 32.4 Å². The van der Waals surface area contributed by atoms with Gasteiger partial charge in [0.05, 0.1) is 0 Å². The summed E-state index contributed by atoms with van der Waals surface area (Å²) in [6.07, 6.45) is 2.11. The molecular formula is C16H24F2N2. The van der Waals surface area contributed by atoms with Crippen molar-refractivity contribution in [2.24, 2.45) is 0 Å². The van der Waals surface area contributed by atoms with Crippen LogP contribution in [0, 0.1) is 11.6 Å². The second kappa shape index (κ2) is 6.19. The molecule has 0 saturated carbocycles. The van der Waals surface area contributed by atoms with E-state index in [9.17, 15) is 8.78 Å². The third kappa shape index (κ3) is 3.55. The van der Waals surface area contributed by atoms with E-state index in [2.05, 4.69) is 31.0 Å². The summed E-state index contributed by atoms with van der Waals surface area (Å²) in [7, 11) is 0. The van der Waals surface area contributed by atoms with Crippen LogP contribution in [0.3, 0.4) is 0 Å². The van der Waals surface area contributed by atoms with E-state index in [0.717, 1.165) is 25.9 Å². The molecule has 1 aromatic rings. The first-order chi connectivity index (χ1) is 9.43. The number of piperazine rings is 1. The summed E-state index contributed by atoms with van der Waals surface area (Å²) in [5.74, 6) is -0.895. The molecule has 0 aliphatic carbocycles. The van der Waals surface area contributed by atoms with Crippen molar-refractivity contribution >= 4 is 0 Å². The Morgan fingerprint density at radius 3 is 2.55 bits per heavy atom. The Kier molecular flexibility index (Phi) is 4.76. The molecule has 1 aliphatic rings. The van der Waals surface area contributed by atoms with E-state index in [1.165, 1.54) is 18.2 Å². The normalized spacial score (nSPS) is 22.9. The molecule has 0 aromatic heterocycles. The molecule has 1 aliphatic heterocycles.